The van der Waals surface area contributed by atoms with Crippen LogP contribution >= 0.6 is 27.5 Å². The standard InChI is InChI=1S/C12H16BrClN2/c13-9-10-5-2-1-3-8-16(10)12-11(14)6-4-7-15-12/h4,6-7,10H,1-3,5,8-9H2. The third kappa shape index (κ3) is 2.69. The van der Waals surface area contributed by atoms with E-state index in [1.54, 1.807) is 0 Å². The minimum atomic E-state index is 0.523. The Morgan fingerprint density at radius 2 is 2.31 bits per heavy atom. The number of rotatable bonds is 2. The molecule has 16 heavy (non-hydrogen) atoms. The predicted octanol–water partition coefficient (Wildman–Crippen LogP) is 3.88. The highest BCUT2D eigenvalue weighted by molar-refractivity contribution is 9.09. The highest BCUT2D eigenvalue weighted by atomic mass is 79.9. The number of hydrogen-bond donors (Lipinski definition) is 0. The number of anilines is 1. The quantitative estimate of drug-likeness (QED) is 0.771. The third-order valence-corrected chi connectivity index (χ3v) is 4.11. The summed E-state index contributed by atoms with van der Waals surface area (Å²) in [7, 11) is 0. The maximum atomic E-state index is 6.21. The van der Waals surface area contributed by atoms with Gasteiger partial charge in [-0.25, -0.2) is 4.98 Å². The lowest BCUT2D eigenvalue weighted by Gasteiger charge is -2.30. The fourth-order valence-electron chi connectivity index (χ4n) is 2.21. The molecule has 0 amide bonds. The van der Waals surface area contributed by atoms with Gasteiger partial charge in [0.25, 0.3) is 0 Å². The first kappa shape index (κ1) is 12.2. The lowest BCUT2D eigenvalue weighted by atomic mass is 10.1. The van der Waals surface area contributed by atoms with Crippen LogP contribution in [0.25, 0.3) is 0 Å². The Hall–Kier alpha value is -0.280. The van der Waals surface area contributed by atoms with E-state index < -0.39 is 0 Å². The molecule has 1 atom stereocenters. The van der Waals surface area contributed by atoms with Crippen molar-refractivity contribution in [2.75, 3.05) is 16.8 Å². The van der Waals surface area contributed by atoms with Crippen molar-refractivity contribution in [3.8, 4) is 0 Å². The maximum Gasteiger partial charge on any atom is 0.147 e. The number of pyridine rings is 1. The summed E-state index contributed by atoms with van der Waals surface area (Å²) >= 11 is 9.81. The average Bonchev–Trinajstić information content (AvgIpc) is 2.54. The SMILES string of the molecule is Clc1cccnc1N1CCCCCC1CBr. The van der Waals surface area contributed by atoms with Crippen molar-refractivity contribution < 1.29 is 0 Å². The first-order chi connectivity index (χ1) is 7.83. The van der Waals surface area contributed by atoms with E-state index in [0.717, 1.165) is 22.7 Å². The molecule has 0 radical (unpaired) electrons. The van der Waals surface area contributed by atoms with Crippen LogP contribution in [0.2, 0.25) is 5.02 Å². The number of aromatic nitrogens is 1. The highest BCUT2D eigenvalue weighted by Gasteiger charge is 2.22. The van der Waals surface area contributed by atoms with E-state index in [2.05, 4.69) is 25.8 Å². The number of halogens is 2. The van der Waals surface area contributed by atoms with Gasteiger partial charge >= 0.3 is 0 Å². The van der Waals surface area contributed by atoms with Crippen LogP contribution in [0.15, 0.2) is 18.3 Å². The molecule has 1 fully saturated rings. The second-order valence-electron chi connectivity index (χ2n) is 4.16. The maximum absolute atomic E-state index is 6.21. The number of alkyl halides is 1. The molecular formula is C12H16BrClN2. The van der Waals surface area contributed by atoms with Crippen molar-refractivity contribution in [2.24, 2.45) is 0 Å². The van der Waals surface area contributed by atoms with E-state index in [1.165, 1.54) is 25.7 Å². The van der Waals surface area contributed by atoms with Crippen LogP contribution in [-0.2, 0) is 0 Å². The average molecular weight is 304 g/mol. The summed E-state index contributed by atoms with van der Waals surface area (Å²) in [6.45, 7) is 1.06. The van der Waals surface area contributed by atoms with E-state index in [4.69, 9.17) is 11.6 Å². The largest absolute Gasteiger partial charge is 0.352 e. The van der Waals surface area contributed by atoms with Gasteiger partial charge in [0.15, 0.2) is 0 Å². The Balaban J connectivity index is 2.25. The van der Waals surface area contributed by atoms with Crippen molar-refractivity contribution >= 4 is 33.3 Å². The van der Waals surface area contributed by atoms with Gasteiger partial charge in [-0.05, 0) is 25.0 Å². The van der Waals surface area contributed by atoms with Crippen molar-refractivity contribution in [1.82, 2.24) is 4.98 Å². The topological polar surface area (TPSA) is 16.1 Å². The van der Waals surface area contributed by atoms with E-state index in [0.29, 0.717) is 6.04 Å². The van der Waals surface area contributed by atoms with Gasteiger partial charge in [0, 0.05) is 24.1 Å². The van der Waals surface area contributed by atoms with Gasteiger partial charge in [0.05, 0.1) is 5.02 Å². The molecule has 88 valence electrons. The van der Waals surface area contributed by atoms with Crippen LogP contribution in [0.3, 0.4) is 0 Å². The third-order valence-electron chi connectivity index (χ3n) is 3.07. The van der Waals surface area contributed by atoms with Gasteiger partial charge in [-0.15, -0.1) is 0 Å². The van der Waals surface area contributed by atoms with Gasteiger partial charge in [0.2, 0.25) is 0 Å². The molecule has 1 saturated heterocycles. The van der Waals surface area contributed by atoms with Crippen LogP contribution in [0.1, 0.15) is 25.7 Å². The Bertz CT molecular complexity index is 346. The highest BCUT2D eigenvalue weighted by Crippen LogP contribution is 2.28. The summed E-state index contributed by atoms with van der Waals surface area (Å²) in [6.07, 6.45) is 6.88. The molecule has 2 nitrogen and oxygen atoms in total. The normalized spacial score (nSPS) is 21.9. The first-order valence-corrected chi connectivity index (χ1v) is 7.26. The van der Waals surface area contributed by atoms with Gasteiger partial charge < -0.3 is 4.90 Å². The molecular weight excluding hydrogens is 288 g/mol. The van der Waals surface area contributed by atoms with Crippen LogP contribution < -0.4 is 4.90 Å². The van der Waals surface area contributed by atoms with Gasteiger partial charge in [-0.1, -0.05) is 40.4 Å². The monoisotopic (exact) mass is 302 g/mol. The van der Waals surface area contributed by atoms with E-state index in [1.807, 2.05) is 18.3 Å². The molecule has 4 heteroatoms. The van der Waals surface area contributed by atoms with Crippen molar-refractivity contribution in [2.45, 2.75) is 31.7 Å². The van der Waals surface area contributed by atoms with Gasteiger partial charge in [0.1, 0.15) is 5.82 Å². The van der Waals surface area contributed by atoms with Gasteiger partial charge in [-0.3, -0.25) is 0 Å². The molecule has 0 saturated carbocycles. The first-order valence-electron chi connectivity index (χ1n) is 5.76. The molecule has 1 aromatic rings. The molecule has 0 N–H and O–H groups in total. The predicted molar refractivity (Wildman–Crippen MR) is 72.6 cm³/mol. The minimum absolute atomic E-state index is 0.523. The molecule has 1 aliphatic rings. The second-order valence-corrected chi connectivity index (χ2v) is 5.21. The number of hydrogen-bond acceptors (Lipinski definition) is 2. The Morgan fingerprint density at radius 3 is 3.06 bits per heavy atom. The second kappa shape index (κ2) is 5.87. The van der Waals surface area contributed by atoms with E-state index >= 15 is 0 Å². The lowest BCUT2D eigenvalue weighted by molar-refractivity contribution is 0.621. The summed E-state index contributed by atoms with van der Waals surface area (Å²) < 4.78 is 0. The molecule has 1 unspecified atom stereocenters. The Morgan fingerprint density at radius 1 is 1.44 bits per heavy atom. The zero-order valence-corrected chi connectivity index (χ0v) is 11.5. The fraction of sp³-hybridized carbons (Fsp3) is 0.583. The van der Waals surface area contributed by atoms with E-state index in [9.17, 15) is 0 Å². The number of nitrogens with zero attached hydrogens (tertiary/aromatic N) is 2. The smallest absolute Gasteiger partial charge is 0.147 e. The van der Waals surface area contributed by atoms with Gasteiger partial charge in [-0.2, -0.15) is 0 Å². The molecule has 0 bridgehead atoms. The van der Waals surface area contributed by atoms with Crippen LogP contribution in [0.5, 0.6) is 0 Å². The summed E-state index contributed by atoms with van der Waals surface area (Å²) in [5, 5.41) is 1.75. The van der Waals surface area contributed by atoms with Crippen LogP contribution in [0, 0.1) is 0 Å². The Kier molecular flexibility index (Phi) is 4.47. The molecule has 1 aliphatic heterocycles. The summed E-state index contributed by atoms with van der Waals surface area (Å²) in [5.41, 5.74) is 0. The van der Waals surface area contributed by atoms with Crippen LogP contribution in [-0.4, -0.2) is 22.9 Å². The lowest BCUT2D eigenvalue weighted by Crippen LogP contribution is -2.36. The summed E-state index contributed by atoms with van der Waals surface area (Å²) in [5.74, 6) is 0.940. The molecule has 2 heterocycles. The summed E-state index contributed by atoms with van der Waals surface area (Å²) in [4.78, 5) is 6.77. The van der Waals surface area contributed by atoms with Crippen molar-refractivity contribution in [3.63, 3.8) is 0 Å². The molecule has 0 spiro atoms. The molecule has 0 aromatic carbocycles. The zero-order chi connectivity index (χ0) is 11.4. The fourth-order valence-corrected chi connectivity index (χ4v) is 3.11. The van der Waals surface area contributed by atoms with Crippen molar-refractivity contribution in [3.05, 3.63) is 23.4 Å². The molecule has 0 aliphatic carbocycles. The molecule has 2 rings (SSSR count). The van der Waals surface area contributed by atoms with E-state index in [-0.39, 0.29) is 0 Å². The Labute approximate surface area is 110 Å². The molecule has 1 aromatic heterocycles. The van der Waals surface area contributed by atoms with Crippen molar-refractivity contribution in [1.29, 1.82) is 0 Å². The zero-order valence-electron chi connectivity index (χ0n) is 9.20. The summed E-state index contributed by atoms with van der Waals surface area (Å²) in [6, 6.07) is 4.32. The van der Waals surface area contributed by atoms with Crippen LogP contribution in [0.4, 0.5) is 5.82 Å². The minimum Gasteiger partial charge on any atom is -0.352 e.